The molecule has 0 aliphatic heterocycles. The molecular formula is C6N6. The van der Waals surface area contributed by atoms with Gasteiger partial charge in [-0.25, -0.2) is 0 Å². The Morgan fingerprint density at radius 2 is 1.33 bits per heavy atom. The van der Waals surface area contributed by atoms with Crippen LogP contribution in [-0.4, -0.2) is 15.4 Å². The highest BCUT2D eigenvalue weighted by molar-refractivity contribution is 5.47. The van der Waals surface area contributed by atoms with E-state index in [4.69, 9.17) is 15.8 Å². The molecule has 0 aromatic carbocycles. The van der Waals surface area contributed by atoms with Crippen LogP contribution in [0.5, 0.6) is 0 Å². The van der Waals surface area contributed by atoms with E-state index in [9.17, 15) is 0 Å². The summed E-state index contributed by atoms with van der Waals surface area (Å²) >= 11 is 0. The zero-order valence-electron chi connectivity index (χ0n) is 5.68. The van der Waals surface area contributed by atoms with Crippen molar-refractivity contribution in [2.45, 2.75) is 0 Å². The second-order valence-electron chi connectivity index (χ2n) is 1.70. The van der Waals surface area contributed by atoms with Gasteiger partial charge in [-0.3, -0.25) is 0 Å². The summed E-state index contributed by atoms with van der Waals surface area (Å²) < 4.78 is 0. The summed E-state index contributed by atoms with van der Waals surface area (Å²) in [5.41, 5.74) is -0.483. The van der Waals surface area contributed by atoms with Crippen molar-refractivity contribution in [1.82, 2.24) is 15.4 Å². The van der Waals surface area contributed by atoms with Crippen LogP contribution < -0.4 is 0 Å². The fraction of sp³-hybridized carbons (Fsp3) is 0. The molecule has 1 heterocycles. The normalized spacial score (nSPS) is 7.75. The molecule has 6 heteroatoms. The molecule has 6 nitrogen and oxygen atoms in total. The Bertz CT molecular complexity index is 397. The lowest BCUT2D eigenvalue weighted by Crippen LogP contribution is -2.00. The lowest BCUT2D eigenvalue weighted by Gasteiger charge is -1.90. The summed E-state index contributed by atoms with van der Waals surface area (Å²) in [4.78, 5) is 0. The van der Waals surface area contributed by atoms with Gasteiger partial charge in [0, 0.05) is 0 Å². The molecule has 1 aromatic rings. The zero-order valence-corrected chi connectivity index (χ0v) is 5.68. The molecule has 0 fully saturated rings. The van der Waals surface area contributed by atoms with Crippen molar-refractivity contribution >= 4 is 0 Å². The van der Waals surface area contributed by atoms with Crippen LogP contribution >= 0.6 is 0 Å². The van der Waals surface area contributed by atoms with Crippen LogP contribution in [0.15, 0.2) is 0 Å². The highest BCUT2D eigenvalue weighted by atomic mass is 15.3. The van der Waals surface area contributed by atoms with E-state index >= 15 is 0 Å². The fourth-order valence-corrected chi connectivity index (χ4v) is 0.586. The summed E-state index contributed by atoms with van der Waals surface area (Å²) in [7, 11) is 0. The van der Waals surface area contributed by atoms with E-state index in [1.807, 2.05) is 0 Å². The van der Waals surface area contributed by atoms with Crippen LogP contribution in [0, 0.1) is 34.0 Å². The van der Waals surface area contributed by atoms with E-state index in [0.29, 0.717) is 0 Å². The second kappa shape index (κ2) is 3.05. The maximum atomic E-state index is 8.50. The molecule has 0 unspecified atom stereocenters. The van der Waals surface area contributed by atoms with Crippen molar-refractivity contribution in [1.29, 1.82) is 15.8 Å². The molecule has 0 N–H and O–H groups in total. The van der Waals surface area contributed by atoms with Crippen LogP contribution in [0.4, 0.5) is 0 Å². The van der Waals surface area contributed by atoms with Gasteiger partial charge >= 0.3 is 0 Å². The molecule has 0 saturated carbocycles. The quantitative estimate of drug-likeness (QED) is 0.500. The van der Waals surface area contributed by atoms with Gasteiger partial charge in [-0.15, -0.1) is 10.2 Å². The minimum atomic E-state index is -0.177. The average Bonchev–Trinajstić information content (AvgIpc) is 2.16. The van der Waals surface area contributed by atoms with Crippen molar-refractivity contribution in [2.24, 2.45) is 0 Å². The van der Waals surface area contributed by atoms with Crippen molar-refractivity contribution < 1.29 is 0 Å². The van der Waals surface area contributed by atoms with Gasteiger partial charge < -0.3 is 0 Å². The lowest BCUT2D eigenvalue weighted by atomic mass is 10.2. The molecule has 0 amide bonds. The summed E-state index contributed by atoms with van der Waals surface area (Å²) in [6.07, 6.45) is 0. The third kappa shape index (κ3) is 1.03. The van der Waals surface area contributed by atoms with E-state index in [-0.39, 0.29) is 17.0 Å². The Labute approximate surface area is 67.3 Å². The standard InChI is InChI=1S/C6N6/c7-1-4-5(2-8)10-12-11-6(4)3-9. The molecule has 1 rings (SSSR count). The molecule has 0 aliphatic carbocycles. The maximum Gasteiger partial charge on any atom is 0.185 e. The van der Waals surface area contributed by atoms with E-state index in [2.05, 4.69) is 15.4 Å². The zero-order chi connectivity index (χ0) is 8.97. The van der Waals surface area contributed by atoms with Crippen LogP contribution in [-0.2, 0) is 0 Å². The number of hydrogen-bond acceptors (Lipinski definition) is 6. The summed E-state index contributed by atoms with van der Waals surface area (Å²) in [6.45, 7) is 0. The molecule has 0 aliphatic rings. The maximum absolute atomic E-state index is 8.50. The number of nitrogens with zero attached hydrogens (tertiary/aromatic N) is 6. The van der Waals surface area contributed by atoms with Gasteiger partial charge in [0.1, 0.15) is 23.8 Å². The molecule has 0 bridgehead atoms. The summed E-state index contributed by atoms with van der Waals surface area (Å²) in [6, 6.07) is 4.92. The topological polar surface area (TPSA) is 110 Å². The smallest absolute Gasteiger partial charge is 0.185 e. The van der Waals surface area contributed by atoms with Gasteiger partial charge in [0.25, 0.3) is 0 Å². The minimum absolute atomic E-state index is 0.130. The Hall–Kier alpha value is -2.52. The summed E-state index contributed by atoms with van der Waals surface area (Å²) in [5.74, 6) is 0. The van der Waals surface area contributed by atoms with Gasteiger partial charge in [0.2, 0.25) is 0 Å². The average molecular weight is 156 g/mol. The van der Waals surface area contributed by atoms with Gasteiger partial charge in [0.05, 0.1) is 0 Å². The van der Waals surface area contributed by atoms with Crippen LogP contribution in [0.3, 0.4) is 0 Å². The van der Waals surface area contributed by atoms with E-state index in [1.54, 1.807) is 18.2 Å². The first-order valence-electron chi connectivity index (χ1n) is 2.77. The first-order valence-corrected chi connectivity index (χ1v) is 2.77. The lowest BCUT2D eigenvalue weighted by molar-refractivity contribution is 0.838. The Morgan fingerprint density at radius 3 is 1.67 bits per heavy atom. The van der Waals surface area contributed by atoms with Gasteiger partial charge in [-0.2, -0.15) is 15.8 Å². The molecule has 0 radical (unpaired) electrons. The van der Waals surface area contributed by atoms with Gasteiger partial charge in [-0.1, -0.05) is 0 Å². The predicted octanol–water partition coefficient (Wildman–Crippen LogP) is -0.513. The first kappa shape index (κ1) is 7.59. The molecule has 0 saturated heterocycles. The minimum Gasteiger partial charge on any atom is -0.192 e. The predicted molar refractivity (Wildman–Crippen MR) is 34.0 cm³/mol. The van der Waals surface area contributed by atoms with Crippen molar-refractivity contribution in [3.63, 3.8) is 0 Å². The number of nitriles is 3. The highest BCUT2D eigenvalue weighted by Crippen LogP contribution is 2.03. The molecule has 54 valence electrons. The Morgan fingerprint density at radius 1 is 0.833 bits per heavy atom. The Kier molecular flexibility index (Phi) is 1.93. The Balaban J connectivity index is 3.51. The van der Waals surface area contributed by atoms with Crippen LogP contribution in [0.1, 0.15) is 17.0 Å². The van der Waals surface area contributed by atoms with E-state index in [1.165, 1.54) is 0 Å². The molecule has 0 atom stereocenters. The fourth-order valence-electron chi connectivity index (χ4n) is 0.586. The van der Waals surface area contributed by atoms with E-state index in [0.717, 1.165) is 0 Å². The van der Waals surface area contributed by atoms with Crippen molar-refractivity contribution in [2.75, 3.05) is 0 Å². The molecule has 0 spiro atoms. The monoisotopic (exact) mass is 156 g/mol. The SMILES string of the molecule is N#Cc1nnnc(C#N)c1C#N. The third-order valence-corrected chi connectivity index (χ3v) is 1.09. The van der Waals surface area contributed by atoms with E-state index < -0.39 is 0 Å². The largest absolute Gasteiger partial charge is 0.192 e. The van der Waals surface area contributed by atoms with Crippen molar-refractivity contribution in [3.05, 3.63) is 17.0 Å². The molecule has 12 heavy (non-hydrogen) atoms. The third-order valence-electron chi connectivity index (χ3n) is 1.09. The van der Waals surface area contributed by atoms with Gasteiger partial charge in [0.15, 0.2) is 11.4 Å². The van der Waals surface area contributed by atoms with Crippen LogP contribution in [0.25, 0.3) is 0 Å². The summed E-state index contributed by atoms with van der Waals surface area (Å²) in [5, 5.41) is 35.1. The van der Waals surface area contributed by atoms with Gasteiger partial charge in [-0.05, 0) is 5.21 Å². The number of aromatic nitrogens is 3. The van der Waals surface area contributed by atoms with Crippen LogP contribution in [0.2, 0.25) is 0 Å². The van der Waals surface area contributed by atoms with Crippen molar-refractivity contribution in [3.8, 4) is 18.2 Å². The number of hydrogen-bond donors (Lipinski definition) is 0. The first-order chi connectivity index (χ1) is 5.83. The molecule has 1 aromatic heterocycles. The second-order valence-corrected chi connectivity index (χ2v) is 1.70. The molecular weight excluding hydrogens is 156 g/mol. The number of rotatable bonds is 0. The highest BCUT2D eigenvalue weighted by Gasteiger charge is 2.10.